The first-order valence-corrected chi connectivity index (χ1v) is 7.29. The van der Waals surface area contributed by atoms with Gasteiger partial charge in [-0.05, 0) is 31.2 Å². The van der Waals surface area contributed by atoms with E-state index in [-0.39, 0.29) is 16.5 Å². The number of halogens is 2. The number of nitro benzene ring substituents is 1. The summed E-state index contributed by atoms with van der Waals surface area (Å²) in [5, 5.41) is 13.9. The molecule has 0 saturated heterocycles. The van der Waals surface area contributed by atoms with E-state index < -0.39 is 16.9 Å². The van der Waals surface area contributed by atoms with Gasteiger partial charge in [-0.1, -0.05) is 29.3 Å². The van der Waals surface area contributed by atoms with Crippen LogP contribution in [0.1, 0.15) is 6.92 Å². The number of ether oxygens (including phenoxy) is 1. The van der Waals surface area contributed by atoms with E-state index >= 15 is 0 Å². The number of amides is 1. The molecule has 0 spiro atoms. The van der Waals surface area contributed by atoms with Gasteiger partial charge in [-0.2, -0.15) is 0 Å². The minimum absolute atomic E-state index is 0.0570. The molecule has 120 valence electrons. The predicted molar refractivity (Wildman–Crippen MR) is 88.3 cm³/mol. The van der Waals surface area contributed by atoms with Gasteiger partial charge in [-0.25, -0.2) is 0 Å². The number of nitrogens with zero attached hydrogens (tertiary/aromatic N) is 1. The number of nitrogens with one attached hydrogen (secondary N) is 1. The molecular weight excluding hydrogens is 343 g/mol. The van der Waals surface area contributed by atoms with Crippen molar-refractivity contribution >= 4 is 40.5 Å². The van der Waals surface area contributed by atoms with Gasteiger partial charge in [-0.15, -0.1) is 0 Å². The monoisotopic (exact) mass is 354 g/mol. The summed E-state index contributed by atoms with van der Waals surface area (Å²) in [7, 11) is 0. The SMILES string of the molecule is C[C@@H](Oc1ccc([N+](=O)[O-])cc1Cl)C(=O)Nc1cccc(Cl)c1. The third kappa shape index (κ3) is 4.58. The van der Waals surface area contributed by atoms with Crippen molar-refractivity contribution in [1.29, 1.82) is 0 Å². The Labute approximate surface area is 142 Å². The third-order valence-corrected chi connectivity index (χ3v) is 3.42. The summed E-state index contributed by atoms with van der Waals surface area (Å²) >= 11 is 11.8. The van der Waals surface area contributed by atoms with Crippen molar-refractivity contribution in [2.75, 3.05) is 5.32 Å². The van der Waals surface area contributed by atoms with Crippen LogP contribution in [0, 0.1) is 10.1 Å². The highest BCUT2D eigenvalue weighted by atomic mass is 35.5. The summed E-state index contributed by atoms with van der Waals surface area (Å²) in [6.45, 7) is 1.54. The third-order valence-electron chi connectivity index (χ3n) is 2.89. The van der Waals surface area contributed by atoms with E-state index in [9.17, 15) is 14.9 Å². The molecule has 0 aliphatic carbocycles. The summed E-state index contributed by atoms with van der Waals surface area (Å²) < 4.78 is 5.44. The van der Waals surface area contributed by atoms with Gasteiger partial charge < -0.3 is 10.1 Å². The number of anilines is 1. The lowest BCUT2D eigenvalue weighted by Gasteiger charge is -2.15. The number of carbonyl (C=O) groups excluding carboxylic acids is 1. The van der Waals surface area contributed by atoms with Crippen LogP contribution in [0.4, 0.5) is 11.4 Å². The number of non-ortho nitro benzene ring substituents is 1. The molecule has 0 saturated carbocycles. The second kappa shape index (κ2) is 7.30. The maximum atomic E-state index is 12.1. The Balaban J connectivity index is 2.05. The van der Waals surface area contributed by atoms with Crippen molar-refractivity contribution in [2.24, 2.45) is 0 Å². The summed E-state index contributed by atoms with van der Waals surface area (Å²) in [4.78, 5) is 22.2. The first-order chi connectivity index (χ1) is 10.9. The molecule has 0 unspecified atom stereocenters. The summed E-state index contributed by atoms with van der Waals surface area (Å²) in [6.07, 6.45) is -0.854. The highest BCUT2D eigenvalue weighted by molar-refractivity contribution is 6.32. The second-order valence-electron chi connectivity index (χ2n) is 4.63. The van der Waals surface area contributed by atoms with Crippen LogP contribution in [-0.4, -0.2) is 16.9 Å². The molecule has 0 bridgehead atoms. The van der Waals surface area contributed by atoms with Gasteiger partial charge in [0.1, 0.15) is 5.75 Å². The molecule has 1 atom stereocenters. The quantitative estimate of drug-likeness (QED) is 0.640. The highest BCUT2D eigenvalue weighted by Gasteiger charge is 2.18. The Hall–Kier alpha value is -2.31. The molecule has 2 aromatic carbocycles. The van der Waals surface area contributed by atoms with Crippen molar-refractivity contribution < 1.29 is 14.5 Å². The fraction of sp³-hybridized carbons (Fsp3) is 0.133. The number of hydrogen-bond acceptors (Lipinski definition) is 4. The van der Waals surface area contributed by atoms with Crippen LogP contribution < -0.4 is 10.1 Å². The first kappa shape index (κ1) is 17.1. The van der Waals surface area contributed by atoms with Crippen LogP contribution in [0.15, 0.2) is 42.5 Å². The average molecular weight is 355 g/mol. The van der Waals surface area contributed by atoms with E-state index in [1.54, 1.807) is 24.3 Å². The molecule has 2 rings (SSSR count). The fourth-order valence-electron chi connectivity index (χ4n) is 1.75. The van der Waals surface area contributed by atoms with Crippen molar-refractivity contribution in [3.63, 3.8) is 0 Å². The van der Waals surface area contributed by atoms with Gasteiger partial charge in [0.2, 0.25) is 0 Å². The van der Waals surface area contributed by atoms with Crippen LogP contribution in [0.2, 0.25) is 10.0 Å². The van der Waals surface area contributed by atoms with E-state index in [2.05, 4.69) is 5.32 Å². The molecule has 0 fully saturated rings. The maximum absolute atomic E-state index is 12.1. The molecule has 0 radical (unpaired) electrons. The molecule has 23 heavy (non-hydrogen) atoms. The zero-order valence-corrected chi connectivity index (χ0v) is 13.5. The van der Waals surface area contributed by atoms with E-state index in [1.807, 2.05) is 0 Å². The Morgan fingerprint density at radius 1 is 1.26 bits per heavy atom. The second-order valence-corrected chi connectivity index (χ2v) is 5.48. The number of nitro groups is 1. The Morgan fingerprint density at radius 3 is 2.61 bits per heavy atom. The van der Waals surface area contributed by atoms with Crippen LogP contribution in [0.3, 0.4) is 0 Å². The Morgan fingerprint density at radius 2 is 2.00 bits per heavy atom. The van der Waals surface area contributed by atoms with E-state index in [0.29, 0.717) is 10.7 Å². The maximum Gasteiger partial charge on any atom is 0.271 e. The summed E-state index contributed by atoms with van der Waals surface area (Å²) in [5.74, 6) is -0.215. The summed E-state index contributed by atoms with van der Waals surface area (Å²) in [6, 6.07) is 10.5. The number of carbonyl (C=O) groups is 1. The highest BCUT2D eigenvalue weighted by Crippen LogP contribution is 2.29. The van der Waals surface area contributed by atoms with Crippen molar-refractivity contribution in [3.8, 4) is 5.75 Å². The Kier molecular flexibility index (Phi) is 5.41. The lowest BCUT2D eigenvalue weighted by molar-refractivity contribution is -0.384. The minimum Gasteiger partial charge on any atom is -0.479 e. The molecule has 0 aliphatic rings. The van der Waals surface area contributed by atoms with Gasteiger partial charge in [0.25, 0.3) is 11.6 Å². The number of benzene rings is 2. The lowest BCUT2D eigenvalue weighted by Crippen LogP contribution is -2.30. The Bertz CT molecular complexity index is 752. The molecule has 1 N–H and O–H groups in total. The van der Waals surface area contributed by atoms with Crippen LogP contribution >= 0.6 is 23.2 Å². The molecule has 0 heterocycles. The fourth-order valence-corrected chi connectivity index (χ4v) is 2.16. The van der Waals surface area contributed by atoms with E-state index in [4.69, 9.17) is 27.9 Å². The van der Waals surface area contributed by atoms with E-state index in [0.717, 1.165) is 0 Å². The van der Waals surface area contributed by atoms with Crippen LogP contribution in [0.5, 0.6) is 5.75 Å². The molecule has 0 aliphatic heterocycles. The molecule has 0 aromatic heterocycles. The first-order valence-electron chi connectivity index (χ1n) is 6.54. The predicted octanol–water partition coefficient (Wildman–Crippen LogP) is 4.31. The zero-order chi connectivity index (χ0) is 17.0. The van der Waals surface area contributed by atoms with Gasteiger partial charge in [0, 0.05) is 22.8 Å². The van der Waals surface area contributed by atoms with Gasteiger partial charge >= 0.3 is 0 Å². The molecular formula is C15H12Cl2N2O4. The van der Waals surface area contributed by atoms with Crippen LogP contribution in [-0.2, 0) is 4.79 Å². The van der Waals surface area contributed by atoms with E-state index in [1.165, 1.54) is 25.1 Å². The van der Waals surface area contributed by atoms with Gasteiger partial charge in [-0.3, -0.25) is 14.9 Å². The molecule has 8 heteroatoms. The van der Waals surface area contributed by atoms with Crippen molar-refractivity contribution in [2.45, 2.75) is 13.0 Å². The van der Waals surface area contributed by atoms with Crippen LogP contribution in [0.25, 0.3) is 0 Å². The normalized spacial score (nSPS) is 11.6. The number of hydrogen-bond donors (Lipinski definition) is 1. The minimum atomic E-state index is -0.854. The van der Waals surface area contributed by atoms with Gasteiger partial charge in [0.15, 0.2) is 6.10 Å². The largest absolute Gasteiger partial charge is 0.479 e. The average Bonchev–Trinajstić information content (AvgIpc) is 2.49. The molecule has 2 aromatic rings. The smallest absolute Gasteiger partial charge is 0.271 e. The lowest BCUT2D eigenvalue weighted by atomic mass is 10.3. The van der Waals surface area contributed by atoms with Gasteiger partial charge in [0.05, 0.1) is 9.95 Å². The molecule has 1 amide bonds. The van der Waals surface area contributed by atoms with Crippen molar-refractivity contribution in [3.05, 3.63) is 62.6 Å². The van der Waals surface area contributed by atoms with Crippen molar-refractivity contribution in [1.82, 2.24) is 0 Å². The zero-order valence-electron chi connectivity index (χ0n) is 12.0. The number of rotatable bonds is 5. The summed E-state index contributed by atoms with van der Waals surface area (Å²) in [5.41, 5.74) is 0.381. The topological polar surface area (TPSA) is 81.5 Å². The molecule has 6 nitrogen and oxygen atoms in total. The standard InChI is InChI=1S/C15H12Cl2N2O4/c1-9(15(20)18-11-4-2-3-10(16)7-11)23-14-6-5-12(19(21)22)8-13(14)17/h2-9H,1H3,(H,18,20)/t9-/m1/s1.